The van der Waals surface area contributed by atoms with E-state index >= 15 is 0 Å². The molecule has 1 N–H and O–H groups in total. The lowest BCUT2D eigenvalue weighted by atomic mass is 10.2. The highest BCUT2D eigenvalue weighted by Crippen LogP contribution is 2.30. The van der Waals surface area contributed by atoms with E-state index in [9.17, 15) is 4.79 Å². The smallest absolute Gasteiger partial charge is 0.237 e. The number of thioether (sulfide) groups is 1. The number of carbonyl (C=O) groups is 1. The number of carbonyl (C=O) groups excluding carboxylic acids is 1. The van der Waals surface area contributed by atoms with E-state index in [0.29, 0.717) is 15.7 Å². The Hall–Kier alpha value is -1.16. The van der Waals surface area contributed by atoms with Gasteiger partial charge in [0.15, 0.2) is 0 Å². The molecule has 21 heavy (non-hydrogen) atoms. The van der Waals surface area contributed by atoms with Crippen molar-refractivity contribution in [3.63, 3.8) is 0 Å². The minimum atomic E-state index is -0.180. The van der Waals surface area contributed by atoms with Crippen LogP contribution in [0, 0.1) is 0 Å². The van der Waals surface area contributed by atoms with Crippen LogP contribution in [0.4, 0.5) is 5.69 Å². The number of nitrogens with one attached hydrogen (secondary N) is 1. The molecule has 0 aromatic heterocycles. The topological polar surface area (TPSA) is 29.1 Å². The van der Waals surface area contributed by atoms with Gasteiger partial charge in [0.2, 0.25) is 5.91 Å². The first-order chi connectivity index (χ1) is 10.1. The molecule has 0 radical (unpaired) electrons. The molecule has 0 saturated carbocycles. The Morgan fingerprint density at radius 3 is 2.57 bits per heavy atom. The summed E-state index contributed by atoms with van der Waals surface area (Å²) in [7, 11) is 0. The molecule has 2 nitrogen and oxygen atoms in total. The first-order valence-corrected chi connectivity index (χ1v) is 8.29. The lowest BCUT2D eigenvalue weighted by Gasteiger charge is -2.13. The highest BCUT2D eigenvalue weighted by Gasteiger charge is 2.15. The van der Waals surface area contributed by atoms with Crippen molar-refractivity contribution in [1.29, 1.82) is 0 Å². The van der Waals surface area contributed by atoms with Gasteiger partial charge in [-0.3, -0.25) is 4.79 Å². The van der Waals surface area contributed by atoms with Gasteiger partial charge in [-0.2, -0.15) is 0 Å². The number of hydrogen-bond donors (Lipinski definition) is 1. The second-order valence-electron chi connectivity index (χ2n) is 4.53. The first kappa shape index (κ1) is 16.2. The van der Waals surface area contributed by atoms with E-state index in [1.165, 1.54) is 5.56 Å². The molecule has 2 aromatic carbocycles. The summed E-state index contributed by atoms with van der Waals surface area (Å²) in [6.45, 7) is 1.88. The average Bonchev–Trinajstić information content (AvgIpc) is 2.50. The quantitative estimate of drug-likeness (QED) is 0.805. The summed E-state index contributed by atoms with van der Waals surface area (Å²) in [6.07, 6.45) is 0. The van der Waals surface area contributed by atoms with Gasteiger partial charge in [0.05, 0.1) is 21.0 Å². The molecule has 0 unspecified atom stereocenters. The van der Waals surface area contributed by atoms with Gasteiger partial charge < -0.3 is 5.32 Å². The second-order valence-corrected chi connectivity index (χ2v) is 6.64. The maximum Gasteiger partial charge on any atom is 0.237 e. The number of rotatable bonds is 5. The zero-order chi connectivity index (χ0) is 15.2. The van der Waals surface area contributed by atoms with Crippen LogP contribution in [0.15, 0.2) is 48.5 Å². The van der Waals surface area contributed by atoms with Gasteiger partial charge in [-0.25, -0.2) is 0 Å². The second kappa shape index (κ2) is 7.74. The zero-order valence-corrected chi connectivity index (χ0v) is 13.8. The number of anilines is 1. The van der Waals surface area contributed by atoms with Crippen LogP contribution in [0.2, 0.25) is 10.0 Å². The highest BCUT2D eigenvalue weighted by atomic mass is 35.5. The summed E-state index contributed by atoms with van der Waals surface area (Å²) in [5, 5.41) is 3.43. The van der Waals surface area contributed by atoms with Crippen molar-refractivity contribution < 1.29 is 4.79 Å². The van der Waals surface area contributed by atoms with Crippen LogP contribution in [0.5, 0.6) is 0 Å². The van der Waals surface area contributed by atoms with E-state index in [2.05, 4.69) is 5.32 Å². The molecule has 0 aliphatic rings. The van der Waals surface area contributed by atoms with Crippen molar-refractivity contribution in [2.45, 2.75) is 17.9 Å². The third kappa shape index (κ3) is 4.67. The fourth-order valence-corrected chi connectivity index (χ4v) is 2.90. The fraction of sp³-hybridized carbons (Fsp3) is 0.188. The molecule has 0 heterocycles. The molecule has 0 aliphatic heterocycles. The van der Waals surface area contributed by atoms with Crippen LogP contribution in [0.25, 0.3) is 0 Å². The molecule has 2 aromatic rings. The van der Waals surface area contributed by atoms with Crippen LogP contribution >= 0.6 is 35.0 Å². The van der Waals surface area contributed by atoms with E-state index in [4.69, 9.17) is 23.2 Å². The minimum absolute atomic E-state index is 0.0832. The van der Waals surface area contributed by atoms with Crippen LogP contribution < -0.4 is 5.32 Å². The molecule has 0 saturated heterocycles. The monoisotopic (exact) mass is 339 g/mol. The van der Waals surface area contributed by atoms with E-state index in [0.717, 1.165) is 5.75 Å². The molecule has 1 atom stereocenters. The summed E-state index contributed by atoms with van der Waals surface area (Å²) in [4.78, 5) is 12.2. The van der Waals surface area contributed by atoms with Crippen molar-refractivity contribution in [3.8, 4) is 0 Å². The van der Waals surface area contributed by atoms with Crippen molar-refractivity contribution in [2.24, 2.45) is 0 Å². The normalized spacial score (nSPS) is 12.0. The average molecular weight is 340 g/mol. The minimum Gasteiger partial charge on any atom is -0.324 e. The zero-order valence-electron chi connectivity index (χ0n) is 11.5. The van der Waals surface area contributed by atoms with E-state index in [1.54, 1.807) is 30.0 Å². The van der Waals surface area contributed by atoms with Crippen LogP contribution in [0.1, 0.15) is 12.5 Å². The van der Waals surface area contributed by atoms with Gasteiger partial charge in [-0.1, -0.05) is 59.6 Å². The molecule has 5 heteroatoms. The van der Waals surface area contributed by atoms with Crippen molar-refractivity contribution >= 4 is 46.6 Å². The van der Waals surface area contributed by atoms with Crippen molar-refractivity contribution in [1.82, 2.24) is 0 Å². The number of hydrogen-bond acceptors (Lipinski definition) is 2. The molecular weight excluding hydrogens is 325 g/mol. The summed E-state index contributed by atoms with van der Waals surface area (Å²) >= 11 is 13.6. The maximum absolute atomic E-state index is 12.2. The summed E-state index contributed by atoms with van der Waals surface area (Å²) < 4.78 is 0. The Morgan fingerprint density at radius 1 is 1.14 bits per heavy atom. The largest absolute Gasteiger partial charge is 0.324 e. The Kier molecular flexibility index (Phi) is 5.97. The Morgan fingerprint density at radius 2 is 1.86 bits per heavy atom. The van der Waals surface area contributed by atoms with Gasteiger partial charge in [0.1, 0.15) is 0 Å². The number of halogens is 2. The Balaban J connectivity index is 1.92. The molecule has 0 fully saturated rings. The van der Waals surface area contributed by atoms with Crippen molar-refractivity contribution in [2.75, 3.05) is 5.32 Å². The molecule has 0 aliphatic carbocycles. The molecule has 0 spiro atoms. The lowest BCUT2D eigenvalue weighted by Crippen LogP contribution is -2.22. The Labute approximate surface area is 138 Å². The van der Waals surface area contributed by atoms with Gasteiger partial charge in [0.25, 0.3) is 0 Å². The van der Waals surface area contributed by atoms with Crippen molar-refractivity contribution in [3.05, 3.63) is 64.1 Å². The molecule has 2 rings (SSSR count). The summed E-state index contributed by atoms with van der Waals surface area (Å²) in [5.41, 5.74) is 1.74. The third-order valence-electron chi connectivity index (χ3n) is 2.92. The molecular formula is C16H15Cl2NOS. The van der Waals surface area contributed by atoms with E-state index < -0.39 is 0 Å². The van der Waals surface area contributed by atoms with Gasteiger partial charge in [0, 0.05) is 5.75 Å². The van der Waals surface area contributed by atoms with Gasteiger partial charge in [-0.15, -0.1) is 11.8 Å². The molecule has 0 bridgehead atoms. The SMILES string of the molecule is C[C@@H](SCc1ccccc1)C(=O)Nc1cccc(Cl)c1Cl. The van der Waals surface area contributed by atoms with E-state index in [1.807, 2.05) is 37.3 Å². The standard InChI is InChI=1S/C16H15Cl2NOS/c1-11(21-10-12-6-3-2-4-7-12)16(20)19-14-9-5-8-13(17)15(14)18/h2-9,11H,10H2,1H3,(H,19,20)/t11-/m1/s1. The van der Waals surface area contributed by atoms with E-state index in [-0.39, 0.29) is 11.2 Å². The van der Waals surface area contributed by atoms with Crippen LogP contribution in [-0.4, -0.2) is 11.2 Å². The van der Waals surface area contributed by atoms with Crippen LogP contribution in [0.3, 0.4) is 0 Å². The number of amides is 1. The number of benzene rings is 2. The fourth-order valence-electron chi connectivity index (χ4n) is 1.71. The third-order valence-corrected chi connectivity index (χ3v) is 4.95. The lowest BCUT2D eigenvalue weighted by molar-refractivity contribution is -0.115. The van der Waals surface area contributed by atoms with Gasteiger partial charge in [-0.05, 0) is 24.6 Å². The molecule has 1 amide bonds. The highest BCUT2D eigenvalue weighted by molar-refractivity contribution is 7.99. The Bertz CT molecular complexity index is 619. The summed E-state index contributed by atoms with van der Waals surface area (Å²) in [6, 6.07) is 15.2. The maximum atomic E-state index is 12.2. The first-order valence-electron chi connectivity index (χ1n) is 6.48. The predicted molar refractivity (Wildman–Crippen MR) is 92.3 cm³/mol. The van der Waals surface area contributed by atoms with Gasteiger partial charge >= 0.3 is 0 Å². The predicted octanol–water partition coefficient (Wildman–Crippen LogP) is 5.25. The molecule has 110 valence electrons. The summed E-state index contributed by atoms with van der Waals surface area (Å²) in [5.74, 6) is 0.707. The van der Waals surface area contributed by atoms with Crippen LogP contribution in [-0.2, 0) is 10.5 Å².